The number of phenols is 1. The van der Waals surface area contributed by atoms with E-state index < -0.39 is 118 Å². The van der Waals surface area contributed by atoms with E-state index in [1.54, 1.807) is 0 Å². The first kappa shape index (κ1) is 34.3. The Morgan fingerprint density at radius 1 is 0.818 bits per heavy atom. The zero-order valence-electron chi connectivity index (χ0n) is 22.9. The van der Waals surface area contributed by atoms with Gasteiger partial charge in [-0.1, -0.05) is 6.07 Å². The number of aliphatic hydroxyl groups excluding tert-OH is 10. The number of aliphatic hydroxyl groups is 10. The molecular formula is C26H36O18. The van der Waals surface area contributed by atoms with Crippen LogP contribution < -0.4 is 4.74 Å². The number of ether oxygens (including phenoxy) is 6. The molecule has 248 valence electrons. The van der Waals surface area contributed by atoms with E-state index in [4.69, 9.17) is 28.4 Å². The van der Waals surface area contributed by atoms with E-state index in [2.05, 4.69) is 0 Å². The molecule has 3 aliphatic heterocycles. The summed E-state index contributed by atoms with van der Waals surface area (Å²) in [6, 6.07) is 3.75. The molecule has 11 N–H and O–H groups in total. The summed E-state index contributed by atoms with van der Waals surface area (Å²) in [5.41, 5.74) is 0.232. The molecule has 18 heteroatoms. The van der Waals surface area contributed by atoms with Crippen LogP contribution in [0.1, 0.15) is 5.56 Å². The molecule has 4 rings (SSSR count). The highest BCUT2D eigenvalue weighted by Crippen LogP contribution is 2.32. The predicted molar refractivity (Wildman–Crippen MR) is 138 cm³/mol. The summed E-state index contributed by atoms with van der Waals surface area (Å²) in [7, 11) is 0. The number of phenolic OH excluding ortho intramolecular Hbond substituents is 1. The van der Waals surface area contributed by atoms with Crippen molar-refractivity contribution in [2.75, 3.05) is 19.8 Å². The van der Waals surface area contributed by atoms with Gasteiger partial charge in [-0.15, -0.1) is 0 Å². The second-order valence-electron chi connectivity index (χ2n) is 10.4. The van der Waals surface area contributed by atoms with Gasteiger partial charge in [0.1, 0.15) is 67.1 Å². The number of hydrogen-bond acceptors (Lipinski definition) is 18. The van der Waals surface area contributed by atoms with E-state index in [0.29, 0.717) is 0 Å². The largest absolute Gasteiger partial charge is 0.504 e. The number of carbonyl (C=O) groups excluding carboxylic acids is 1. The smallest absolute Gasteiger partial charge is 0.333 e. The molecule has 1 aromatic carbocycles. The van der Waals surface area contributed by atoms with E-state index in [9.17, 15) is 61.0 Å². The third kappa shape index (κ3) is 7.46. The van der Waals surface area contributed by atoms with E-state index in [1.165, 1.54) is 24.3 Å². The van der Waals surface area contributed by atoms with Crippen LogP contribution in [0.5, 0.6) is 11.5 Å². The Morgan fingerprint density at radius 3 is 2.11 bits per heavy atom. The molecule has 3 fully saturated rings. The van der Waals surface area contributed by atoms with Crippen LogP contribution in [0.3, 0.4) is 0 Å². The van der Waals surface area contributed by atoms with Gasteiger partial charge in [-0.2, -0.15) is 0 Å². The van der Waals surface area contributed by atoms with Crippen LogP contribution in [0.15, 0.2) is 24.3 Å². The normalized spacial score (nSPS) is 41.4. The second-order valence-corrected chi connectivity index (χ2v) is 10.4. The molecule has 0 spiro atoms. The van der Waals surface area contributed by atoms with Crippen molar-refractivity contribution in [1.82, 2.24) is 0 Å². The van der Waals surface area contributed by atoms with Crippen LogP contribution in [-0.4, -0.2) is 168 Å². The third-order valence-electron chi connectivity index (χ3n) is 7.33. The van der Waals surface area contributed by atoms with E-state index >= 15 is 0 Å². The molecule has 18 nitrogen and oxygen atoms in total. The fraction of sp³-hybridized carbons (Fsp3) is 0.654. The summed E-state index contributed by atoms with van der Waals surface area (Å²) in [6.45, 7) is -1.93. The van der Waals surface area contributed by atoms with Crippen molar-refractivity contribution < 1.29 is 89.4 Å². The van der Waals surface area contributed by atoms with Gasteiger partial charge in [-0.05, 0) is 23.8 Å². The molecule has 0 amide bonds. The standard InChI is InChI=1S/C26H36O18/c27-6-12-16(31)19(34)22(37)25(42-12)41-11-5-9(1-3-10(11)29)2-4-15(30)44-26-23(20(35)17(32)13(7-28)43-26)40-14-8-39-24(38)21(36)18(14)33/h1-5,12-14,16-29,31-38H,6-8H2/b4-2+/t12-,13-,14-,16-,17-,18+,19+,20+,21+,22-,23-,24+,25-,26+/m1/s1. The highest BCUT2D eigenvalue weighted by atomic mass is 16.7. The summed E-state index contributed by atoms with van der Waals surface area (Å²) in [5, 5.41) is 110. The highest BCUT2D eigenvalue weighted by molar-refractivity contribution is 5.87. The van der Waals surface area contributed by atoms with Crippen LogP contribution in [0, 0.1) is 0 Å². The predicted octanol–water partition coefficient (Wildman–Crippen LogP) is -5.61. The van der Waals surface area contributed by atoms with Crippen LogP contribution in [-0.2, 0) is 28.5 Å². The zero-order chi connectivity index (χ0) is 32.3. The maximum absolute atomic E-state index is 12.7. The molecule has 3 aliphatic rings. The minimum Gasteiger partial charge on any atom is -0.504 e. The van der Waals surface area contributed by atoms with Crippen molar-refractivity contribution in [2.45, 2.75) is 86.0 Å². The monoisotopic (exact) mass is 636 g/mol. The van der Waals surface area contributed by atoms with E-state index in [1.807, 2.05) is 0 Å². The summed E-state index contributed by atoms with van der Waals surface area (Å²) in [5.74, 6) is -1.77. The third-order valence-corrected chi connectivity index (χ3v) is 7.33. The van der Waals surface area contributed by atoms with E-state index in [-0.39, 0.29) is 11.3 Å². The minimum absolute atomic E-state index is 0.232. The Bertz CT molecular complexity index is 1130. The van der Waals surface area contributed by atoms with Gasteiger partial charge in [0, 0.05) is 6.08 Å². The van der Waals surface area contributed by atoms with Gasteiger partial charge in [0.2, 0.25) is 12.6 Å². The van der Waals surface area contributed by atoms with Gasteiger partial charge in [-0.3, -0.25) is 0 Å². The minimum atomic E-state index is -1.81. The summed E-state index contributed by atoms with van der Waals surface area (Å²) in [4.78, 5) is 12.7. The summed E-state index contributed by atoms with van der Waals surface area (Å²) < 4.78 is 31.8. The van der Waals surface area contributed by atoms with Gasteiger partial charge in [0.15, 0.2) is 17.8 Å². The number of hydrogen-bond donors (Lipinski definition) is 11. The molecule has 3 saturated heterocycles. The lowest BCUT2D eigenvalue weighted by atomic mass is 9.98. The lowest BCUT2D eigenvalue weighted by Crippen LogP contribution is -2.63. The highest BCUT2D eigenvalue weighted by Gasteiger charge is 2.50. The van der Waals surface area contributed by atoms with E-state index in [0.717, 1.165) is 6.08 Å². The molecule has 0 aromatic heterocycles. The molecule has 14 atom stereocenters. The van der Waals surface area contributed by atoms with Crippen LogP contribution in [0.25, 0.3) is 6.08 Å². The Morgan fingerprint density at radius 2 is 1.45 bits per heavy atom. The van der Waals surface area contributed by atoms with Crippen LogP contribution in [0.4, 0.5) is 0 Å². The first-order valence-electron chi connectivity index (χ1n) is 13.5. The molecule has 0 unspecified atom stereocenters. The van der Waals surface area contributed by atoms with Crippen molar-refractivity contribution in [2.24, 2.45) is 0 Å². The Hall–Kier alpha value is -2.53. The molecule has 0 radical (unpaired) electrons. The van der Waals surface area contributed by atoms with Crippen LogP contribution >= 0.6 is 0 Å². The van der Waals surface area contributed by atoms with Crippen molar-refractivity contribution in [3.63, 3.8) is 0 Å². The number of esters is 1. The molecule has 0 bridgehead atoms. The quantitative estimate of drug-likeness (QED) is 0.0889. The fourth-order valence-corrected chi connectivity index (χ4v) is 4.73. The lowest BCUT2D eigenvalue weighted by molar-refractivity contribution is -0.329. The second kappa shape index (κ2) is 14.7. The summed E-state index contributed by atoms with van der Waals surface area (Å²) in [6.07, 6.45) is -20.7. The fourth-order valence-electron chi connectivity index (χ4n) is 4.73. The van der Waals surface area contributed by atoms with Gasteiger partial charge in [0.25, 0.3) is 0 Å². The van der Waals surface area contributed by atoms with Gasteiger partial charge in [0.05, 0.1) is 19.8 Å². The molecule has 0 aliphatic carbocycles. The topological polar surface area (TPSA) is 295 Å². The molecule has 3 heterocycles. The number of aromatic hydroxyl groups is 1. The first-order valence-corrected chi connectivity index (χ1v) is 13.5. The van der Waals surface area contributed by atoms with Crippen molar-refractivity contribution in [3.05, 3.63) is 29.8 Å². The van der Waals surface area contributed by atoms with Crippen molar-refractivity contribution in [3.8, 4) is 11.5 Å². The van der Waals surface area contributed by atoms with Crippen molar-refractivity contribution in [1.29, 1.82) is 0 Å². The van der Waals surface area contributed by atoms with Crippen molar-refractivity contribution >= 4 is 12.0 Å². The molecule has 44 heavy (non-hydrogen) atoms. The SMILES string of the molecule is O=C(/C=C/c1ccc(O)c(O[C@@H]2O[C@H](CO)[C@@H](O)[C@H](O)[C@H]2O)c1)O[C@@H]1O[C@H](CO)[C@@H](O)[C@H](O)[C@H]1O[C@@H]1CO[C@H](O)[C@@H](O)[C@H]1O. The van der Waals surface area contributed by atoms with Gasteiger partial charge < -0.3 is 84.6 Å². The molecular weight excluding hydrogens is 600 g/mol. The first-order chi connectivity index (χ1) is 20.9. The average Bonchev–Trinajstić information content (AvgIpc) is 3.01. The zero-order valence-corrected chi connectivity index (χ0v) is 22.9. The Kier molecular flexibility index (Phi) is 11.5. The Balaban J connectivity index is 1.45. The van der Waals surface area contributed by atoms with Gasteiger partial charge in [-0.25, -0.2) is 4.79 Å². The number of carbonyl (C=O) groups is 1. The molecule has 1 aromatic rings. The molecule has 0 saturated carbocycles. The van der Waals surface area contributed by atoms with Gasteiger partial charge >= 0.3 is 5.97 Å². The summed E-state index contributed by atoms with van der Waals surface area (Å²) >= 11 is 0. The lowest BCUT2D eigenvalue weighted by Gasteiger charge is -2.44. The number of benzene rings is 1. The Labute approximate surface area is 249 Å². The average molecular weight is 637 g/mol. The maximum Gasteiger partial charge on any atom is 0.333 e. The number of rotatable bonds is 9. The van der Waals surface area contributed by atoms with Crippen LogP contribution in [0.2, 0.25) is 0 Å². The maximum atomic E-state index is 12.7.